The summed E-state index contributed by atoms with van der Waals surface area (Å²) in [6, 6.07) is 4.97. The Morgan fingerprint density at radius 1 is 1.23 bits per heavy atom. The summed E-state index contributed by atoms with van der Waals surface area (Å²) >= 11 is 2.84. The maximum absolute atomic E-state index is 12.7. The summed E-state index contributed by atoms with van der Waals surface area (Å²) in [4.78, 5) is 4.52. The second-order valence-corrected chi connectivity index (χ2v) is 11.5. The van der Waals surface area contributed by atoms with Crippen molar-refractivity contribution in [2.45, 2.75) is 29.9 Å². The Morgan fingerprint density at radius 2 is 1.97 bits per heavy atom. The molecule has 0 spiro atoms. The summed E-state index contributed by atoms with van der Waals surface area (Å²) in [6.07, 6.45) is -3.12. The molecule has 31 heavy (non-hydrogen) atoms. The SMILES string of the molecule is Cn1c(CC2CCS(=O)(=O)C2)nnc1SCc1csc(-c2ccc(C(F)(F)F)cc2)n1. The number of hydrogen-bond donors (Lipinski definition) is 0. The van der Waals surface area contributed by atoms with Crippen LogP contribution in [-0.2, 0) is 35.2 Å². The number of thiazole rings is 1. The van der Waals surface area contributed by atoms with E-state index in [0.717, 1.165) is 23.7 Å². The maximum atomic E-state index is 12.7. The molecule has 3 aromatic rings. The van der Waals surface area contributed by atoms with Crippen LogP contribution in [0.25, 0.3) is 10.6 Å². The minimum Gasteiger partial charge on any atom is -0.309 e. The second kappa shape index (κ2) is 8.55. The molecule has 6 nitrogen and oxygen atoms in total. The van der Waals surface area contributed by atoms with E-state index in [9.17, 15) is 21.6 Å². The van der Waals surface area contributed by atoms with Gasteiger partial charge in [-0.15, -0.1) is 21.5 Å². The van der Waals surface area contributed by atoms with Gasteiger partial charge in [-0.1, -0.05) is 23.9 Å². The van der Waals surface area contributed by atoms with Crippen molar-refractivity contribution in [3.05, 3.63) is 46.7 Å². The molecule has 166 valence electrons. The minimum absolute atomic E-state index is 0.0792. The number of halogens is 3. The zero-order valence-electron chi connectivity index (χ0n) is 16.5. The van der Waals surface area contributed by atoms with Gasteiger partial charge in [-0.25, -0.2) is 13.4 Å². The molecule has 1 atom stereocenters. The van der Waals surface area contributed by atoms with Gasteiger partial charge in [0.25, 0.3) is 0 Å². The number of alkyl halides is 3. The van der Waals surface area contributed by atoms with Gasteiger partial charge in [-0.2, -0.15) is 13.2 Å². The van der Waals surface area contributed by atoms with Crippen molar-refractivity contribution in [3.8, 4) is 10.6 Å². The van der Waals surface area contributed by atoms with E-state index in [1.807, 2.05) is 17.0 Å². The van der Waals surface area contributed by atoms with Gasteiger partial charge in [-0.05, 0) is 24.5 Å². The lowest BCUT2D eigenvalue weighted by Gasteiger charge is -2.07. The standard InChI is InChI=1S/C19H19F3N4O2S3/c1-26-16(8-12-6-7-31(27,28)11-12)24-25-18(26)30-10-15-9-29-17(23-15)13-2-4-14(5-3-13)19(20,21)22/h2-5,9,12H,6-8,10-11H2,1H3. The zero-order chi connectivity index (χ0) is 22.2. The molecule has 1 unspecified atom stereocenters. The molecule has 0 bridgehead atoms. The Labute approximate surface area is 185 Å². The molecule has 0 saturated carbocycles. The lowest BCUT2D eigenvalue weighted by atomic mass is 10.1. The highest BCUT2D eigenvalue weighted by molar-refractivity contribution is 7.98. The monoisotopic (exact) mass is 488 g/mol. The van der Waals surface area contributed by atoms with Crippen LogP contribution in [0.1, 0.15) is 23.5 Å². The fraction of sp³-hybridized carbons (Fsp3) is 0.421. The number of hydrogen-bond acceptors (Lipinski definition) is 7. The first kappa shape index (κ1) is 22.3. The molecule has 0 aliphatic carbocycles. The molecule has 3 heterocycles. The average Bonchev–Trinajstić information content (AvgIpc) is 3.40. The first-order valence-corrected chi connectivity index (χ1v) is 13.1. The van der Waals surface area contributed by atoms with Crippen molar-refractivity contribution in [2.24, 2.45) is 13.0 Å². The van der Waals surface area contributed by atoms with Gasteiger partial charge in [0.05, 0.1) is 22.8 Å². The normalized spacial score (nSPS) is 18.5. The molecule has 0 radical (unpaired) electrons. The van der Waals surface area contributed by atoms with Crippen LogP contribution in [0, 0.1) is 5.92 Å². The molecule has 1 aliphatic rings. The van der Waals surface area contributed by atoms with Crippen LogP contribution in [0.4, 0.5) is 13.2 Å². The third kappa shape index (κ3) is 5.29. The molecule has 2 aromatic heterocycles. The zero-order valence-corrected chi connectivity index (χ0v) is 18.9. The number of nitrogens with zero attached hydrogens (tertiary/aromatic N) is 4. The van der Waals surface area contributed by atoms with E-state index in [0.29, 0.717) is 34.3 Å². The Kier molecular flexibility index (Phi) is 6.14. The fourth-order valence-corrected chi connectivity index (χ4v) is 7.00. The summed E-state index contributed by atoms with van der Waals surface area (Å²) < 4.78 is 63.3. The summed E-state index contributed by atoms with van der Waals surface area (Å²) in [5.41, 5.74) is 0.759. The summed E-state index contributed by atoms with van der Waals surface area (Å²) in [5.74, 6) is 1.82. The van der Waals surface area contributed by atoms with Gasteiger partial charge in [0, 0.05) is 30.2 Å². The Balaban J connectivity index is 1.37. The highest BCUT2D eigenvalue weighted by Crippen LogP contribution is 2.32. The second-order valence-electron chi connectivity index (χ2n) is 7.44. The molecular weight excluding hydrogens is 469 g/mol. The van der Waals surface area contributed by atoms with E-state index < -0.39 is 21.6 Å². The number of sulfone groups is 1. The molecule has 1 saturated heterocycles. The smallest absolute Gasteiger partial charge is 0.309 e. The van der Waals surface area contributed by atoms with Gasteiger partial charge < -0.3 is 4.57 Å². The van der Waals surface area contributed by atoms with Gasteiger partial charge in [-0.3, -0.25) is 0 Å². The third-order valence-electron chi connectivity index (χ3n) is 5.08. The van der Waals surface area contributed by atoms with Gasteiger partial charge in [0.1, 0.15) is 10.8 Å². The lowest BCUT2D eigenvalue weighted by molar-refractivity contribution is -0.137. The van der Waals surface area contributed by atoms with Crippen LogP contribution in [0.15, 0.2) is 34.8 Å². The number of rotatable bonds is 6. The van der Waals surface area contributed by atoms with E-state index >= 15 is 0 Å². The van der Waals surface area contributed by atoms with Crippen LogP contribution in [0.2, 0.25) is 0 Å². The minimum atomic E-state index is -4.36. The van der Waals surface area contributed by atoms with Gasteiger partial charge >= 0.3 is 6.18 Å². The maximum Gasteiger partial charge on any atom is 0.416 e. The summed E-state index contributed by atoms with van der Waals surface area (Å²) in [5, 5.41) is 11.7. The largest absolute Gasteiger partial charge is 0.416 e. The molecular formula is C19H19F3N4O2S3. The Bertz CT molecular complexity index is 1170. The van der Waals surface area contributed by atoms with Crippen molar-refractivity contribution in [1.82, 2.24) is 19.7 Å². The van der Waals surface area contributed by atoms with E-state index in [1.165, 1.54) is 35.2 Å². The molecule has 1 fully saturated rings. The van der Waals surface area contributed by atoms with Crippen molar-refractivity contribution >= 4 is 32.9 Å². The van der Waals surface area contributed by atoms with Crippen LogP contribution in [0.5, 0.6) is 0 Å². The fourth-order valence-electron chi connectivity index (χ4n) is 3.39. The van der Waals surface area contributed by atoms with Gasteiger partial charge in [0.15, 0.2) is 15.0 Å². The highest BCUT2D eigenvalue weighted by atomic mass is 32.2. The predicted octanol–water partition coefficient (Wildman–Crippen LogP) is 4.23. The first-order chi connectivity index (χ1) is 14.6. The number of benzene rings is 1. The van der Waals surface area contributed by atoms with E-state index in [1.54, 1.807) is 0 Å². The van der Waals surface area contributed by atoms with Crippen molar-refractivity contribution < 1.29 is 21.6 Å². The Hall–Kier alpha value is -1.92. The van der Waals surface area contributed by atoms with Crippen LogP contribution < -0.4 is 0 Å². The van der Waals surface area contributed by atoms with Crippen molar-refractivity contribution in [3.63, 3.8) is 0 Å². The number of aromatic nitrogens is 4. The molecule has 4 rings (SSSR count). The van der Waals surface area contributed by atoms with Crippen LogP contribution in [0.3, 0.4) is 0 Å². The topological polar surface area (TPSA) is 77.7 Å². The highest BCUT2D eigenvalue weighted by Gasteiger charge is 2.30. The first-order valence-electron chi connectivity index (χ1n) is 9.44. The Morgan fingerprint density at radius 3 is 2.61 bits per heavy atom. The summed E-state index contributed by atoms with van der Waals surface area (Å²) in [6.45, 7) is 0. The van der Waals surface area contributed by atoms with Crippen molar-refractivity contribution in [2.75, 3.05) is 11.5 Å². The van der Waals surface area contributed by atoms with E-state index in [4.69, 9.17) is 0 Å². The molecule has 0 amide bonds. The molecule has 1 aliphatic heterocycles. The van der Waals surface area contributed by atoms with Gasteiger partial charge in [0.2, 0.25) is 0 Å². The van der Waals surface area contributed by atoms with Crippen molar-refractivity contribution in [1.29, 1.82) is 0 Å². The quantitative estimate of drug-likeness (QED) is 0.484. The average molecular weight is 489 g/mol. The molecule has 12 heteroatoms. The van der Waals surface area contributed by atoms with Crippen LogP contribution in [-0.4, -0.2) is 39.7 Å². The predicted molar refractivity (Wildman–Crippen MR) is 114 cm³/mol. The third-order valence-corrected chi connectivity index (χ3v) is 8.91. The molecule has 0 N–H and O–H groups in total. The summed E-state index contributed by atoms with van der Waals surface area (Å²) in [7, 11) is -1.07. The van der Waals surface area contributed by atoms with Crippen LogP contribution >= 0.6 is 23.1 Å². The lowest BCUT2D eigenvalue weighted by Crippen LogP contribution is -2.11. The van der Waals surface area contributed by atoms with E-state index in [2.05, 4.69) is 15.2 Å². The molecule has 1 aromatic carbocycles. The number of thioether (sulfide) groups is 1. The van der Waals surface area contributed by atoms with E-state index in [-0.39, 0.29) is 17.4 Å².